The van der Waals surface area contributed by atoms with Crippen LogP contribution in [0, 0.1) is 0 Å². The third-order valence-electron chi connectivity index (χ3n) is 7.42. The van der Waals surface area contributed by atoms with Crippen molar-refractivity contribution in [2.24, 2.45) is 0 Å². The van der Waals surface area contributed by atoms with Gasteiger partial charge in [-0.15, -0.1) is 0 Å². The third-order valence-corrected chi connectivity index (χ3v) is 12.4. The molecule has 1 spiro atoms. The van der Waals surface area contributed by atoms with Crippen LogP contribution < -0.4 is 10.4 Å². The maximum Gasteiger partial charge on any atom is 0.262 e. The van der Waals surface area contributed by atoms with Crippen molar-refractivity contribution in [2.45, 2.75) is 82.0 Å². The van der Waals surface area contributed by atoms with Crippen LogP contribution in [0.25, 0.3) is 0 Å². The number of ether oxygens (including phenoxy) is 3. The molecule has 0 radical (unpaired) electrons. The lowest BCUT2D eigenvalue weighted by atomic mass is 9.92. The van der Waals surface area contributed by atoms with Gasteiger partial charge in [0.15, 0.2) is 11.9 Å². The van der Waals surface area contributed by atoms with Crippen LogP contribution in [-0.4, -0.2) is 39.0 Å². The van der Waals surface area contributed by atoms with E-state index in [0.717, 1.165) is 25.7 Å². The zero-order valence-corrected chi connectivity index (χ0v) is 21.0. The average molecular weight is 465 g/mol. The number of rotatable bonds is 4. The molecule has 3 aliphatic rings. The standard InChI is InChI=1S/C28H36O4Si/c1-27(2,3)33(22-13-7-4-8-14-22,23-15-9-5-10-16-23)32-24-17-20-29-25-21-30-28(31-26(24)25)18-11-6-12-19-28/h4-5,7-10,13-17,20,24-26H,6,11-12,18-19,21H2,1-3H3/t24-,25+,26-/m0/s1. The fourth-order valence-corrected chi connectivity index (χ4v) is 10.4. The first-order valence-electron chi connectivity index (χ1n) is 12.4. The van der Waals surface area contributed by atoms with E-state index in [2.05, 4.69) is 87.5 Å². The van der Waals surface area contributed by atoms with Gasteiger partial charge >= 0.3 is 0 Å². The highest BCUT2D eigenvalue weighted by Crippen LogP contribution is 2.43. The number of benzene rings is 2. The molecule has 2 aromatic rings. The molecule has 4 nitrogen and oxygen atoms in total. The van der Waals surface area contributed by atoms with E-state index in [0.29, 0.717) is 6.61 Å². The fourth-order valence-electron chi connectivity index (χ4n) is 5.77. The molecule has 2 heterocycles. The Morgan fingerprint density at radius 2 is 1.48 bits per heavy atom. The molecule has 2 aromatic carbocycles. The molecule has 0 N–H and O–H groups in total. The van der Waals surface area contributed by atoms with Crippen molar-refractivity contribution < 1.29 is 18.6 Å². The van der Waals surface area contributed by atoms with E-state index in [1.807, 2.05) is 0 Å². The first-order valence-corrected chi connectivity index (χ1v) is 14.3. The summed E-state index contributed by atoms with van der Waals surface area (Å²) >= 11 is 0. The molecule has 2 fully saturated rings. The molecular formula is C28H36O4Si. The van der Waals surface area contributed by atoms with Crippen LogP contribution in [0.4, 0.5) is 0 Å². The van der Waals surface area contributed by atoms with Gasteiger partial charge in [0.25, 0.3) is 8.32 Å². The van der Waals surface area contributed by atoms with Crippen LogP contribution in [0.1, 0.15) is 52.9 Å². The molecule has 5 heteroatoms. The van der Waals surface area contributed by atoms with E-state index < -0.39 is 14.1 Å². The molecule has 2 aliphatic heterocycles. The molecule has 0 aromatic heterocycles. The lowest BCUT2D eigenvalue weighted by Gasteiger charge is -2.51. The quantitative estimate of drug-likeness (QED) is 0.602. The van der Waals surface area contributed by atoms with Gasteiger partial charge in [-0.1, -0.05) is 87.9 Å². The number of fused-ring (bicyclic) bond motifs is 1. The Balaban J connectivity index is 1.56. The summed E-state index contributed by atoms with van der Waals surface area (Å²) < 4.78 is 26.4. The van der Waals surface area contributed by atoms with E-state index in [1.54, 1.807) is 6.26 Å². The molecule has 0 unspecified atom stereocenters. The van der Waals surface area contributed by atoms with Crippen LogP contribution in [0.15, 0.2) is 73.0 Å². The minimum atomic E-state index is -2.70. The van der Waals surface area contributed by atoms with E-state index in [1.165, 1.54) is 16.8 Å². The highest BCUT2D eigenvalue weighted by Gasteiger charge is 2.55. The summed E-state index contributed by atoms with van der Waals surface area (Å²) in [6.45, 7) is 7.49. The maximum absolute atomic E-state index is 7.41. The summed E-state index contributed by atoms with van der Waals surface area (Å²) in [4.78, 5) is 0. The zero-order chi connectivity index (χ0) is 22.9. The summed E-state index contributed by atoms with van der Waals surface area (Å²) in [6.07, 6.45) is 8.77. The summed E-state index contributed by atoms with van der Waals surface area (Å²) in [7, 11) is -2.70. The minimum absolute atomic E-state index is 0.0922. The lowest BCUT2D eigenvalue weighted by Crippen LogP contribution is -2.70. The molecule has 1 aliphatic carbocycles. The highest BCUT2D eigenvalue weighted by molar-refractivity contribution is 6.99. The molecule has 5 rings (SSSR count). The Kier molecular flexibility index (Phi) is 6.25. The van der Waals surface area contributed by atoms with Crippen molar-refractivity contribution >= 4 is 18.7 Å². The molecule has 1 saturated heterocycles. The van der Waals surface area contributed by atoms with Gasteiger partial charge in [-0.2, -0.15) is 0 Å². The molecule has 176 valence electrons. The van der Waals surface area contributed by atoms with Crippen molar-refractivity contribution in [3.05, 3.63) is 73.0 Å². The first-order chi connectivity index (χ1) is 15.9. The fraction of sp³-hybridized carbons (Fsp3) is 0.500. The Bertz CT molecular complexity index is 907. The topological polar surface area (TPSA) is 36.9 Å². The Labute approximate surface area is 199 Å². The summed E-state index contributed by atoms with van der Waals surface area (Å²) in [5.74, 6) is -0.485. The Morgan fingerprint density at radius 1 is 0.879 bits per heavy atom. The smallest absolute Gasteiger partial charge is 0.262 e. The van der Waals surface area contributed by atoms with Crippen LogP contribution >= 0.6 is 0 Å². The Hall–Kier alpha value is -1.92. The van der Waals surface area contributed by atoms with Crippen LogP contribution in [0.2, 0.25) is 5.04 Å². The van der Waals surface area contributed by atoms with Crippen LogP contribution in [0.3, 0.4) is 0 Å². The van der Waals surface area contributed by atoms with E-state index in [4.69, 9.17) is 18.6 Å². The Morgan fingerprint density at radius 3 is 2.06 bits per heavy atom. The van der Waals surface area contributed by atoms with Gasteiger partial charge in [-0.05, 0) is 34.3 Å². The highest BCUT2D eigenvalue weighted by atomic mass is 28.4. The average Bonchev–Trinajstić information content (AvgIpc) is 2.83. The van der Waals surface area contributed by atoms with Crippen molar-refractivity contribution in [3.63, 3.8) is 0 Å². The summed E-state index contributed by atoms with van der Waals surface area (Å²) in [5.41, 5.74) is 0. The SMILES string of the molecule is CC(C)(C)[Si](O[C@H]1C=CO[C@@H]2COC3(CCCCC3)O[C@@H]12)(c1ccccc1)c1ccccc1. The second kappa shape index (κ2) is 9.03. The summed E-state index contributed by atoms with van der Waals surface area (Å²) in [5, 5.41) is 2.46. The van der Waals surface area contributed by atoms with Gasteiger partial charge in [-0.3, -0.25) is 0 Å². The lowest BCUT2D eigenvalue weighted by molar-refractivity contribution is -0.342. The minimum Gasteiger partial charge on any atom is -0.493 e. The van der Waals surface area contributed by atoms with Gasteiger partial charge in [0, 0.05) is 12.8 Å². The van der Waals surface area contributed by atoms with Crippen LogP contribution in [0.5, 0.6) is 0 Å². The van der Waals surface area contributed by atoms with Crippen molar-refractivity contribution in [2.75, 3.05) is 6.61 Å². The number of hydrogen-bond acceptors (Lipinski definition) is 4. The largest absolute Gasteiger partial charge is 0.493 e. The second-order valence-electron chi connectivity index (χ2n) is 10.6. The van der Waals surface area contributed by atoms with E-state index >= 15 is 0 Å². The predicted octanol–water partition coefficient (Wildman–Crippen LogP) is 4.92. The first kappa shape index (κ1) is 22.8. The van der Waals surface area contributed by atoms with Gasteiger partial charge in [-0.25, -0.2) is 0 Å². The van der Waals surface area contributed by atoms with Crippen molar-refractivity contribution in [3.8, 4) is 0 Å². The van der Waals surface area contributed by atoms with Gasteiger partial charge in [0.1, 0.15) is 6.10 Å². The molecular weight excluding hydrogens is 428 g/mol. The summed E-state index contributed by atoms with van der Waals surface area (Å²) in [6, 6.07) is 21.6. The normalized spacial score (nSPS) is 27.1. The van der Waals surface area contributed by atoms with Crippen molar-refractivity contribution in [1.29, 1.82) is 0 Å². The van der Waals surface area contributed by atoms with Gasteiger partial charge < -0.3 is 18.6 Å². The zero-order valence-electron chi connectivity index (χ0n) is 20.0. The molecule has 0 amide bonds. The molecule has 33 heavy (non-hydrogen) atoms. The van der Waals surface area contributed by atoms with Gasteiger partial charge in [0.05, 0.1) is 19.0 Å². The van der Waals surface area contributed by atoms with E-state index in [9.17, 15) is 0 Å². The van der Waals surface area contributed by atoms with Crippen molar-refractivity contribution in [1.82, 2.24) is 0 Å². The maximum atomic E-state index is 7.41. The third kappa shape index (κ3) is 4.21. The van der Waals surface area contributed by atoms with Gasteiger partial charge in [0.2, 0.25) is 0 Å². The monoisotopic (exact) mass is 464 g/mol. The van der Waals surface area contributed by atoms with Crippen LogP contribution in [-0.2, 0) is 18.6 Å². The number of hydrogen-bond donors (Lipinski definition) is 0. The molecule has 3 atom stereocenters. The predicted molar refractivity (Wildman–Crippen MR) is 133 cm³/mol. The molecule has 0 bridgehead atoms. The molecule has 1 saturated carbocycles. The van der Waals surface area contributed by atoms with E-state index in [-0.39, 0.29) is 23.4 Å². The second-order valence-corrected chi connectivity index (χ2v) is 14.9.